The molecule has 1 unspecified atom stereocenters. The summed E-state index contributed by atoms with van der Waals surface area (Å²) in [6, 6.07) is 2.46. The van der Waals surface area contributed by atoms with E-state index in [4.69, 9.17) is 0 Å². The van der Waals surface area contributed by atoms with E-state index in [1.54, 1.807) is 4.68 Å². The van der Waals surface area contributed by atoms with Gasteiger partial charge in [0.05, 0.1) is 0 Å². The molecule has 7 nitrogen and oxygen atoms in total. The van der Waals surface area contributed by atoms with Gasteiger partial charge in [-0.3, -0.25) is 9.48 Å². The smallest absolute Gasteiger partial charge is 0.274 e. The Hall–Kier alpha value is -2.18. The van der Waals surface area contributed by atoms with E-state index in [1.165, 1.54) is 38.5 Å². The molecule has 3 fully saturated rings. The van der Waals surface area contributed by atoms with Gasteiger partial charge < -0.3 is 9.47 Å². The Morgan fingerprint density at radius 3 is 2.69 bits per heavy atom. The first-order chi connectivity index (χ1) is 12.6. The number of likely N-dealkylation sites (tertiary alicyclic amines) is 1. The summed E-state index contributed by atoms with van der Waals surface area (Å²) in [5, 5.41) is 13.1. The van der Waals surface area contributed by atoms with Gasteiger partial charge in [0.15, 0.2) is 5.69 Å². The fourth-order valence-electron chi connectivity index (χ4n) is 5.03. The average Bonchev–Trinajstić information content (AvgIpc) is 3.01. The van der Waals surface area contributed by atoms with Crippen LogP contribution in [-0.4, -0.2) is 48.4 Å². The second-order valence-electron chi connectivity index (χ2n) is 8.43. The lowest BCUT2D eigenvalue weighted by molar-refractivity contribution is 0.0766. The molecule has 2 aliphatic carbocycles. The Balaban J connectivity index is 1.47. The lowest BCUT2D eigenvalue weighted by Crippen LogP contribution is -2.31. The maximum atomic E-state index is 13.1. The predicted molar refractivity (Wildman–Crippen MR) is 95.8 cm³/mol. The minimum absolute atomic E-state index is 0.0555. The summed E-state index contributed by atoms with van der Waals surface area (Å²) in [4.78, 5) is 15.1. The van der Waals surface area contributed by atoms with E-state index in [-0.39, 0.29) is 11.3 Å². The summed E-state index contributed by atoms with van der Waals surface area (Å²) >= 11 is 0. The number of rotatable bonds is 3. The van der Waals surface area contributed by atoms with Crippen molar-refractivity contribution in [3.05, 3.63) is 29.6 Å². The van der Waals surface area contributed by atoms with Gasteiger partial charge in [0.25, 0.3) is 5.91 Å². The van der Waals surface area contributed by atoms with E-state index < -0.39 is 0 Å². The Morgan fingerprint density at radius 2 is 2.04 bits per heavy atom. The molecule has 1 atom stereocenters. The monoisotopic (exact) mass is 354 g/mol. The van der Waals surface area contributed by atoms with Crippen LogP contribution < -0.4 is 0 Å². The fraction of sp³-hybridized carbons (Fsp3) is 0.684. The standard InChI is InChI=1S/C19H26N6O/c1-13-9-16(22-23(13)2)18(26)24-10-15(19(11-24)7-3-4-8-19)17-21-20-12-25(17)14-5-6-14/h9,12,14-15H,3-8,10-11H2,1-2H3. The van der Waals surface area contributed by atoms with Crippen molar-refractivity contribution < 1.29 is 4.79 Å². The highest BCUT2D eigenvalue weighted by Gasteiger charge is 2.52. The van der Waals surface area contributed by atoms with Gasteiger partial charge in [0.2, 0.25) is 0 Å². The van der Waals surface area contributed by atoms with Crippen LogP contribution in [0.5, 0.6) is 0 Å². The van der Waals surface area contributed by atoms with Crippen molar-refractivity contribution in [1.29, 1.82) is 0 Å². The van der Waals surface area contributed by atoms with Crippen LogP contribution in [0, 0.1) is 12.3 Å². The molecule has 0 bridgehead atoms. The number of carbonyl (C=O) groups excluding carboxylic acids is 1. The maximum Gasteiger partial charge on any atom is 0.274 e. The first-order valence-corrected chi connectivity index (χ1v) is 9.77. The molecular weight excluding hydrogens is 328 g/mol. The third kappa shape index (κ3) is 2.40. The van der Waals surface area contributed by atoms with Crippen LogP contribution in [0.25, 0.3) is 0 Å². The van der Waals surface area contributed by atoms with Gasteiger partial charge in [-0.1, -0.05) is 12.8 Å². The third-order valence-corrected chi connectivity index (χ3v) is 6.72. The topological polar surface area (TPSA) is 68.8 Å². The van der Waals surface area contributed by atoms with Gasteiger partial charge in [-0.05, 0) is 44.1 Å². The molecule has 1 spiro atoms. The Kier molecular flexibility index (Phi) is 3.49. The summed E-state index contributed by atoms with van der Waals surface area (Å²) in [5.74, 6) is 1.45. The molecule has 3 heterocycles. The second kappa shape index (κ2) is 5.66. The molecule has 0 aromatic carbocycles. The number of nitrogens with zero attached hydrogens (tertiary/aromatic N) is 6. The van der Waals surface area contributed by atoms with Gasteiger partial charge in [0.1, 0.15) is 12.2 Å². The lowest BCUT2D eigenvalue weighted by atomic mass is 9.76. The fourth-order valence-corrected chi connectivity index (χ4v) is 5.03. The molecule has 1 amide bonds. The number of aromatic nitrogens is 5. The van der Waals surface area contributed by atoms with Crippen molar-refractivity contribution in [2.75, 3.05) is 13.1 Å². The first kappa shape index (κ1) is 16.0. The van der Waals surface area contributed by atoms with E-state index in [0.717, 1.165) is 24.6 Å². The van der Waals surface area contributed by atoms with Crippen molar-refractivity contribution in [3.8, 4) is 0 Å². The molecule has 1 aliphatic heterocycles. The van der Waals surface area contributed by atoms with Crippen molar-refractivity contribution >= 4 is 5.91 Å². The third-order valence-electron chi connectivity index (χ3n) is 6.72. The number of hydrogen-bond donors (Lipinski definition) is 0. The number of carbonyl (C=O) groups is 1. The van der Waals surface area contributed by atoms with Crippen LogP contribution in [0.3, 0.4) is 0 Å². The largest absolute Gasteiger partial charge is 0.336 e. The van der Waals surface area contributed by atoms with Crippen molar-refractivity contribution in [2.24, 2.45) is 12.5 Å². The molecule has 3 aliphatic rings. The molecule has 5 rings (SSSR count). The van der Waals surface area contributed by atoms with Crippen LogP contribution in [0.2, 0.25) is 0 Å². The number of aryl methyl sites for hydroxylation is 2. The minimum Gasteiger partial charge on any atom is -0.336 e. The molecular formula is C19H26N6O. The van der Waals surface area contributed by atoms with Crippen molar-refractivity contribution in [3.63, 3.8) is 0 Å². The van der Waals surface area contributed by atoms with Crippen LogP contribution >= 0.6 is 0 Å². The van der Waals surface area contributed by atoms with Gasteiger partial charge in [0, 0.05) is 37.8 Å². The highest BCUT2D eigenvalue weighted by atomic mass is 16.2. The number of amides is 1. The van der Waals surface area contributed by atoms with Gasteiger partial charge in [-0.2, -0.15) is 5.10 Å². The van der Waals surface area contributed by atoms with E-state index in [1.807, 2.05) is 31.3 Å². The molecule has 1 saturated heterocycles. The minimum atomic E-state index is 0.0555. The van der Waals surface area contributed by atoms with E-state index in [2.05, 4.69) is 19.9 Å². The SMILES string of the molecule is Cc1cc(C(=O)N2CC(c3nncn3C3CC3)C3(CCCC3)C2)nn1C. The molecule has 0 radical (unpaired) electrons. The summed E-state index contributed by atoms with van der Waals surface area (Å²) in [6.45, 7) is 3.54. The van der Waals surface area contributed by atoms with Crippen molar-refractivity contribution in [2.45, 2.75) is 57.4 Å². The van der Waals surface area contributed by atoms with Gasteiger partial charge >= 0.3 is 0 Å². The van der Waals surface area contributed by atoms with Crippen LogP contribution in [0.4, 0.5) is 0 Å². The van der Waals surface area contributed by atoms with E-state index >= 15 is 0 Å². The molecule has 26 heavy (non-hydrogen) atoms. The predicted octanol–water partition coefficient (Wildman–Crippen LogP) is 2.45. The molecule has 2 aromatic heterocycles. The Labute approximate surface area is 153 Å². The molecule has 2 aromatic rings. The van der Waals surface area contributed by atoms with E-state index in [9.17, 15) is 4.79 Å². The zero-order valence-electron chi connectivity index (χ0n) is 15.6. The zero-order chi connectivity index (χ0) is 17.9. The summed E-state index contributed by atoms with van der Waals surface area (Å²) in [7, 11) is 1.88. The Bertz CT molecular complexity index is 823. The molecule has 7 heteroatoms. The molecule has 0 N–H and O–H groups in total. The normalized spacial score (nSPS) is 24.7. The van der Waals surface area contributed by atoms with Crippen LogP contribution in [0.15, 0.2) is 12.4 Å². The Morgan fingerprint density at radius 1 is 1.27 bits per heavy atom. The number of hydrogen-bond acceptors (Lipinski definition) is 4. The summed E-state index contributed by atoms with van der Waals surface area (Å²) < 4.78 is 4.06. The quantitative estimate of drug-likeness (QED) is 0.849. The average molecular weight is 354 g/mol. The van der Waals surface area contributed by atoms with Gasteiger partial charge in [-0.15, -0.1) is 10.2 Å². The summed E-state index contributed by atoms with van der Waals surface area (Å²) in [6.07, 6.45) is 9.20. The zero-order valence-corrected chi connectivity index (χ0v) is 15.6. The summed E-state index contributed by atoms with van der Waals surface area (Å²) in [5.41, 5.74) is 1.73. The highest BCUT2D eigenvalue weighted by Crippen LogP contribution is 2.54. The lowest BCUT2D eigenvalue weighted by Gasteiger charge is -2.29. The van der Waals surface area contributed by atoms with Crippen LogP contribution in [-0.2, 0) is 7.05 Å². The van der Waals surface area contributed by atoms with Gasteiger partial charge in [-0.25, -0.2) is 0 Å². The maximum absolute atomic E-state index is 13.1. The highest BCUT2D eigenvalue weighted by molar-refractivity contribution is 5.92. The second-order valence-corrected chi connectivity index (χ2v) is 8.43. The first-order valence-electron chi connectivity index (χ1n) is 9.77. The van der Waals surface area contributed by atoms with Crippen molar-refractivity contribution in [1.82, 2.24) is 29.4 Å². The van der Waals surface area contributed by atoms with Crippen LogP contribution in [0.1, 0.15) is 72.5 Å². The molecule has 138 valence electrons. The molecule has 2 saturated carbocycles. The van der Waals surface area contributed by atoms with E-state index in [0.29, 0.717) is 17.7 Å².